The van der Waals surface area contributed by atoms with Crippen molar-refractivity contribution < 1.29 is 13.2 Å². The third-order valence-electron chi connectivity index (χ3n) is 5.58. The molecule has 3 aromatic rings. The van der Waals surface area contributed by atoms with Gasteiger partial charge in [0.15, 0.2) is 0 Å². The van der Waals surface area contributed by atoms with Gasteiger partial charge in [0.25, 0.3) is 0 Å². The molecule has 0 saturated carbocycles. The van der Waals surface area contributed by atoms with Crippen LogP contribution < -0.4 is 5.32 Å². The standard InChI is InChI=1S/C23H22Cl2N2O3S/c24-20-9-7-18(22(25)13-20)14-26-23(28)19-6-3-11-27(15-19)31(29,30)21-10-8-16-4-1-2-5-17(16)12-21/h1-2,4-5,7-10,12-13,19H,3,6,11,14-15H2,(H,26,28)/t19-/m1/s1. The number of hydrogen-bond donors (Lipinski definition) is 1. The van der Waals surface area contributed by atoms with Crippen LogP contribution in [-0.4, -0.2) is 31.7 Å². The lowest BCUT2D eigenvalue weighted by atomic mass is 9.99. The van der Waals surface area contributed by atoms with E-state index in [-0.39, 0.29) is 23.9 Å². The molecule has 1 aliphatic rings. The summed E-state index contributed by atoms with van der Waals surface area (Å²) in [4.78, 5) is 13.0. The van der Waals surface area contributed by atoms with Crippen molar-refractivity contribution in [3.8, 4) is 0 Å². The molecule has 1 aliphatic heterocycles. The van der Waals surface area contributed by atoms with Crippen LogP contribution in [0.2, 0.25) is 10.0 Å². The quantitative estimate of drug-likeness (QED) is 0.571. The molecule has 162 valence electrons. The van der Waals surface area contributed by atoms with E-state index in [1.807, 2.05) is 30.3 Å². The number of benzene rings is 3. The fourth-order valence-electron chi connectivity index (χ4n) is 3.84. The minimum absolute atomic E-state index is 0.162. The van der Waals surface area contributed by atoms with Gasteiger partial charge in [-0.3, -0.25) is 4.79 Å². The molecular formula is C23H22Cl2N2O3S. The highest BCUT2D eigenvalue weighted by molar-refractivity contribution is 7.89. The number of nitrogens with one attached hydrogen (secondary N) is 1. The fourth-order valence-corrected chi connectivity index (χ4v) is 5.88. The molecule has 1 atom stereocenters. The van der Waals surface area contributed by atoms with E-state index in [9.17, 15) is 13.2 Å². The van der Waals surface area contributed by atoms with Crippen LogP contribution in [0.1, 0.15) is 18.4 Å². The first-order valence-corrected chi connectivity index (χ1v) is 12.2. The number of hydrogen-bond acceptors (Lipinski definition) is 3. The van der Waals surface area contributed by atoms with E-state index in [0.717, 1.165) is 16.3 Å². The number of carbonyl (C=O) groups excluding carboxylic acids is 1. The molecule has 31 heavy (non-hydrogen) atoms. The van der Waals surface area contributed by atoms with Crippen molar-refractivity contribution in [2.45, 2.75) is 24.3 Å². The molecule has 0 aromatic heterocycles. The molecule has 0 unspecified atom stereocenters. The van der Waals surface area contributed by atoms with Crippen LogP contribution in [0, 0.1) is 5.92 Å². The molecule has 0 radical (unpaired) electrons. The van der Waals surface area contributed by atoms with E-state index in [0.29, 0.717) is 29.4 Å². The van der Waals surface area contributed by atoms with Crippen molar-refractivity contribution in [1.82, 2.24) is 9.62 Å². The van der Waals surface area contributed by atoms with E-state index in [2.05, 4.69) is 5.32 Å². The Balaban J connectivity index is 1.45. The van der Waals surface area contributed by atoms with Crippen molar-refractivity contribution in [3.63, 3.8) is 0 Å². The third kappa shape index (κ3) is 4.88. The molecule has 3 aromatic carbocycles. The maximum Gasteiger partial charge on any atom is 0.243 e. The van der Waals surface area contributed by atoms with Gasteiger partial charge >= 0.3 is 0 Å². The third-order valence-corrected chi connectivity index (χ3v) is 8.03. The first kappa shape index (κ1) is 22.1. The summed E-state index contributed by atoms with van der Waals surface area (Å²) in [6.45, 7) is 0.833. The van der Waals surface area contributed by atoms with Gasteiger partial charge < -0.3 is 5.32 Å². The molecule has 1 fully saturated rings. The topological polar surface area (TPSA) is 66.5 Å². The van der Waals surface area contributed by atoms with E-state index >= 15 is 0 Å². The number of carbonyl (C=O) groups is 1. The molecule has 5 nitrogen and oxygen atoms in total. The Labute approximate surface area is 192 Å². The van der Waals surface area contributed by atoms with Gasteiger partial charge in [-0.1, -0.05) is 59.6 Å². The number of piperidine rings is 1. The number of rotatable bonds is 5. The Hall–Kier alpha value is -2.12. The second-order valence-corrected chi connectivity index (χ2v) is 10.4. The van der Waals surface area contributed by atoms with Gasteiger partial charge in [0, 0.05) is 29.7 Å². The summed E-state index contributed by atoms with van der Waals surface area (Å²) in [6.07, 6.45) is 1.27. The molecule has 0 spiro atoms. The summed E-state index contributed by atoms with van der Waals surface area (Å²) in [7, 11) is -3.68. The maximum atomic E-state index is 13.2. The van der Waals surface area contributed by atoms with E-state index < -0.39 is 15.9 Å². The molecule has 1 heterocycles. The predicted octanol–water partition coefficient (Wildman–Crippen LogP) is 4.86. The van der Waals surface area contributed by atoms with Gasteiger partial charge in [-0.15, -0.1) is 0 Å². The van der Waals surface area contributed by atoms with Crippen molar-refractivity contribution in [3.05, 3.63) is 76.3 Å². The summed E-state index contributed by atoms with van der Waals surface area (Å²) in [5.74, 6) is -0.584. The molecule has 1 N–H and O–H groups in total. The van der Waals surface area contributed by atoms with Gasteiger partial charge in [-0.05, 0) is 53.4 Å². The number of halogens is 2. The zero-order chi connectivity index (χ0) is 22.0. The van der Waals surface area contributed by atoms with Crippen LogP contribution in [0.5, 0.6) is 0 Å². The SMILES string of the molecule is O=C(NCc1ccc(Cl)cc1Cl)[C@@H]1CCCN(S(=O)(=O)c2ccc3ccccc3c2)C1. The molecular weight excluding hydrogens is 455 g/mol. The van der Waals surface area contributed by atoms with Crippen molar-refractivity contribution >= 4 is 49.9 Å². The Kier molecular flexibility index (Phi) is 6.53. The van der Waals surface area contributed by atoms with Crippen LogP contribution in [-0.2, 0) is 21.4 Å². The first-order valence-electron chi connectivity index (χ1n) is 10.1. The second kappa shape index (κ2) is 9.17. The van der Waals surface area contributed by atoms with E-state index in [1.54, 1.807) is 30.3 Å². The van der Waals surface area contributed by atoms with E-state index in [4.69, 9.17) is 23.2 Å². The number of sulfonamides is 1. The zero-order valence-corrected chi connectivity index (χ0v) is 19.1. The largest absolute Gasteiger partial charge is 0.352 e. The van der Waals surface area contributed by atoms with Crippen LogP contribution >= 0.6 is 23.2 Å². The number of fused-ring (bicyclic) bond motifs is 1. The molecule has 1 saturated heterocycles. The summed E-state index contributed by atoms with van der Waals surface area (Å²) >= 11 is 12.1. The number of amides is 1. The zero-order valence-electron chi connectivity index (χ0n) is 16.7. The van der Waals surface area contributed by atoms with Crippen LogP contribution in [0.3, 0.4) is 0 Å². The van der Waals surface area contributed by atoms with Crippen molar-refractivity contribution in [2.75, 3.05) is 13.1 Å². The Morgan fingerprint density at radius 1 is 1.03 bits per heavy atom. The van der Waals surface area contributed by atoms with Gasteiger partial charge in [0.1, 0.15) is 0 Å². The Morgan fingerprint density at radius 2 is 1.81 bits per heavy atom. The summed E-state index contributed by atoms with van der Waals surface area (Å²) in [6, 6.07) is 17.9. The molecule has 0 bridgehead atoms. The lowest BCUT2D eigenvalue weighted by Gasteiger charge is -2.31. The Morgan fingerprint density at radius 3 is 2.58 bits per heavy atom. The lowest BCUT2D eigenvalue weighted by Crippen LogP contribution is -2.45. The van der Waals surface area contributed by atoms with E-state index in [1.165, 1.54) is 4.31 Å². The second-order valence-electron chi connectivity index (χ2n) is 7.66. The van der Waals surface area contributed by atoms with Gasteiger partial charge in [0.2, 0.25) is 15.9 Å². The van der Waals surface area contributed by atoms with Gasteiger partial charge in [0.05, 0.1) is 10.8 Å². The summed E-state index contributed by atoms with van der Waals surface area (Å²) < 4.78 is 27.9. The summed E-state index contributed by atoms with van der Waals surface area (Å²) in [5, 5.41) is 5.74. The highest BCUT2D eigenvalue weighted by atomic mass is 35.5. The highest BCUT2D eigenvalue weighted by Crippen LogP contribution is 2.27. The van der Waals surface area contributed by atoms with Crippen molar-refractivity contribution in [2.24, 2.45) is 5.92 Å². The molecule has 8 heteroatoms. The first-order chi connectivity index (χ1) is 14.8. The van der Waals surface area contributed by atoms with Crippen molar-refractivity contribution in [1.29, 1.82) is 0 Å². The average molecular weight is 477 g/mol. The smallest absolute Gasteiger partial charge is 0.243 e. The number of nitrogens with zero attached hydrogens (tertiary/aromatic N) is 1. The molecule has 0 aliphatic carbocycles. The predicted molar refractivity (Wildman–Crippen MR) is 124 cm³/mol. The van der Waals surface area contributed by atoms with Crippen LogP contribution in [0.25, 0.3) is 10.8 Å². The summed E-state index contributed by atoms with van der Waals surface area (Å²) in [5.41, 5.74) is 0.760. The maximum absolute atomic E-state index is 13.2. The molecule has 1 amide bonds. The fraction of sp³-hybridized carbons (Fsp3) is 0.261. The minimum Gasteiger partial charge on any atom is -0.352 e. The van der Waals surface area contributed by atoms with Gasteiger partial charge in [-0.25, -0.2) is 8.42 Å². The monoisotopic (exact) mass is 476 g/mol. The van der Waals surface area contributed by atoms with Gasteiger partial charge in [-0.2, -0.15) is 4.31 Å². The Bertz CT molecular complexity index is 1230. The van der Waals surface area contributed by atoms with Crippen LogP contribution in [0.15, 0.2) is 65.6 Å². The van der Waals surface area contributed by atoms with Crippen LogP contribution in [0.4, 0.5) is 0 Å². The lowest BCUT2D eigenvalue weighted by molar-refractivity contribution is -0.126. The minimum atomic E-state index is -3.68. The average Bonchev–Trinajstić information content (AvgIpc) is 2.78. The highest BCUT2D eigenvalue weighted by Gasteiger charge is 2.33. The molecule has 4 rings (SSSR count). The normalized spacial score (nSPS) is 17.5.